The van der Waals surface area contributed by atoms with Crippen LogP contribution < -0.4 is 14.4 Å². The number of methoxy groups -OCH3 is 1. The number of halogens is 2. The summed E-state index contributed by atoms with van der Waals surface area (Å²) in [7, 11) is -2.38. The molecule has 2 aromatic rings. The summed E-state index contributed by atoms with van der Waals surface area (Å²) in [5.41, 5.74) is 0.786. The van der Waals surface area contributed by atoms with Crippen molar-refractivity contribution < 1.29 is 22.7 Å². The highest BCUT2D eigenvalue weighted by molar-refractivity contribution is 7.92. The molecule has 0 unspecified atom stereocenters. The van der Waals surface area contributed by atoms with Gasteiger partial charge in [-0.1, -0.05) is 35.3 Å². The number of carbonyl (C=O) groups excluding carboxylic acids is 2. The maximum absolute atomic E-state index is 13.5. The highest BCUT2D eigenvalue weighted by atomic mass is 35.5. The Balaban J connectivity index is 2.45. The van der Waals surface area contributed by atoms with E-state index in [0.717, 1.165) is 10.6 Å². The monoisotopic (exact) mass is 529 g/mol. The minimum atomic E-state index is -3.91. The zero-order chi connectivity index (χ0) is 25.6. The minimum Gasteiger partial charge on any atom is -0.497 e. The Morgan fingerprint density at radius 2 is 1.76 bits per heavy atom. The average Bonchev–Trinajstić information content (AvgIpc) is 2.75. The van der Waals surface area contributed by atoms with E-state index in [-0.39, 0.29) is 34.2 Å². The Morgan fingerprint density at radius 3 is 2.35 bits per heavy atom. The van der Waals surface area contributed by atoms with Gasteiger partial charge in [0, 0.05) is 17.6 Å². The van der Waals surface area contributed by atoms with E-state index in [1.54, 1.807) is 31.2 Å². The van der Waals surface area contributed by atoms with Gasteiger partial charge in [0.15, 0.2) is 0 Å². The second-order valence-electron chi connectivity index (χ2n) is 8.08. The van der Waals surface area contributed by atoms with Crippen LogP contribution in [0.2, 0.25) is 10.0 Å². The second-order valence-corrected chi connectivity index (χ2v) is 10.8. The number of nitrogens with zero attached hydrogens (tertiary/aromatic N) is 2. The van der Waals surface area contributed by atoms with Gasteiger partial charge in [0.2, 0.25) is 21.8 Å². The van der Waals surface area contributed by atoms with Gasteiger partial charge in [0.1, 0.15) is 18.3 Å². The fourth-order valence-electron chi connectivity index (χ4n) is 3.23. The number of carbonyl (C=O) groups is 2. The number of sulfonamides is 1. The zero-order valence-corrected chi connectivity index (χ0v) is 22.0. The van der Waals surface area contributed by atoms with E-state index in [1.807, 2.05) is 13.8 Å². The first-order chi connectivity index (χ1) is 15.8. The van der Waals surface area contributed by atoms with E-state index in [1.165, 1.54) is 30.2 Å². The summed E-state index contributed by atoms with van der Waals surface area (Å²) >= 11 is 12.3. The number of anilines is 1. The maximum Gasteiger partial charge on any atom is 0.244 e. The van der Waals surface area contributed by atoms with E-state index in [4.69, 9.17) is 27.9 Å². The van der Waals surface area contributed by atoms with Gasteiger partial charge < -0.3 is 15.0 Å². The van der Waals surface area contributed by atoms with Crippen molar-refractivity contribution in [1.82, 2.24) is 10.2 Å². The Labute approximate surface area is 210 Å². The molecule has 0 spiro atoms. The lowest BCUT2D eigenvalue weighted by Crippen LogP contribution is -2.52. The third-order valence-corrected chi connectivity index (χ3v) is 6.62. The van der Waals surface area contributed by atoms with Gasteiger partial charge >= 0.3 is 0 Å². The van der Waals surface area contributed by atoms with Crippen LogP contribution >= 0.6 is 23.2 Å². The smallest absolute Gasteiger partial charge is 0.244 e. The first-order valence-corrected chi connectivity index (χ1v) is 13.1. The van der Waals surface area contributed by atoms with Gasteiger partial charge in [-0.3, -0.25) is 13.9 Å². The summed E-state index contributed by atoms with van der Waals surface area (Å²) in [6.45, 7) is 4.70. The van der Waals surface area contributed by atoms with Crippen LogP contribution in [0.25, 0.3) is 0 Å². The molecule has 0 radical (unpaired) electrons. The zero-order valence-electron chi connectivity index (χ0n) is 19.7. The van der Waals surface area contributed by atoms with Crippen LogP contribution in [0, 0.1) is 0 Å². The molecular weight excluding hydrogens is 501 g/mol. The van der Waals surface area contributed by atoms with Crippen LogP contribution in [0.1, 0.15) is 26.3 Å². The molecular formula is C23H29Cl2N3O5S. The molecule has 186 valence electrons. The Kier molecular flexibility index (Phi) is 9.61. The molecule has 0 aliphatic heterocycles. The standard InChI is InChI=1S/C23H29Cl2N3O5S/c1-15(2)26-23(30)16(3)27(13-17-7-6-8-19(11-17)33-4)22(29)14-28(34(5,31)32)21-12-18(24)9-10-20(21)25/h6-12,15-16H,13-14H2,1-5H3,(H,26,30)/t16-/m1/s1. The molecule has 8 nitrogen and oxygen atoms in total. The van der Waals surface area contributed by atoms with Gasteiger partial charge in [0.25, 0.3) is 0 Å². The minimum absolute atomic E-state index is 0.0591. The van der Waals surface area contributed by atoms with E-state index < -0.39 is 28.5 Å². The lowest BCUT2D eigenvalue weighted by molar-refractivity contribution is -0.139. The van der Waals surface area contributed by atoms with Crippen molar-refractivity contribution in [3.8, 4) is 5.75 Å². The fourth-order valence-corrected chi connectivity index (χ4v) is 4.52. The third kappa shape index (κ3) is 7.51. The van der Waals surface area contributed by atoms with Crippen LogP contribution in [0.3, 0.4) is 0 Å². The van der Waals surface area contributed by atoms with Gasteiger partial charge in [-0.25, -0.2) is 8.42 Å². The third-order valence-electron chi connectivity index (χ3n) is 4.94. The van der Waals surface area contributed by atoms with Crippen LogP contribution in [0.4, 0.5) is 5.69 Å². The highest BCUT2D eigenvalue weighted by Gasteiger charge is 2.31. The van der Waals surface area contributed by atoms with Crippen LogP contribution in [0.5, 0.6) is 5.75 Å². The Bertz CT molecular complexity index is 1140. The molecule has 0 saturated heterocycles. The quantitative estimate of drug-likeness (QED) is 0.506. The number of amides is 2. The van der Waals surface area contributed by atoms with Crippen molar-refractivity contribution >= 4 is 50.7 Å². The largest absolute Gasteiger partial charge is 0.497 e. The highest BCUT2D eigenvalue weighted by Crippen LogP contribution is 2.31. The predicted molar refractivity (Wildman–Crippen MR) is 135 cm³/mol. The van der Waals surface area contributed by atoms with E-state index in [2.05, 4.69) is 5.32 Å². The summed E-state index contributed by atoms with van der Waals surface area (Å²) in [5, 5.41) is 3.17. The van der Waals surface area contributed by atoms with Crippen molar-refractivity contribution in [2.45, 2.75) is 39.4 Å². The van der Waals surface area contributed by atoms with Crippen molar-refractivity contribution in [1.29, 1.82) is 0 Å². The molecule has 1 atom stereocenters. The number of ether oxygens (including phenoxy) is 1. The molecule has 0 aliphatic rings. The molecule has 11 heteroatoms. The fraction of sp³-hybridized carbons (Fsp3) is 0.391. The van der Waals surface area contributed by atoms with Crippen molar-refractivity contribution in [3.05, 3.63) is 58.1 Å². The molecule has 0 aliphatic carbocycles. The first kappa shape index (κ1) is 27.8. The number of nitrogens with one attached hydrogen (secondary N) is 1. The number of hydrogen-bond acceptors (Lipinski definition) is 5. The Hall–Kier alpha value is -2.49. The first-order valence-electron chi connectivity index (χ1n) is 10.5. The van der Waals surface area contributed by atoms with Crippen molar-refractivity contribution in [2.24, 2.45) is 0 Å². The summed E-state index contributed by atoms with van der Waals surface area (Å²) in [5.74, 6) is -0.360. The lowest BCUT2D eigenvalue weighted by atomic mass is 10.1. The van der Waals surface area contributed by atoms with Gasteiger partial charge in [-0.2, -0.15) is 0 Å². The number of hydrogen-bond donors (Lipinski definition) is 1. The molecule has 34 heavy (non-hydrogen) atoms. The van der Waals surface area contributed by atoms with Crippen molar-refractivity contribution in [3.63, 3.8) is 0 Å². The summed E-state index contributed by atoms with van der Waals surface area (Å²) < 4.78 is 31.3. The maximum atomic E-state index is 13.5. The van der Waals surface area contributed by atoms with Gasteiger partial charge in [-0.15, -0.1) is 0 Å². The molecule has 2 amide bonds. The summed E-state index contributed by atoms with van der Waals surface area (Å²) in [6.07, 6.45) is 0.971. The molecule has 0 fully saturated rings. The van der Waals surface area contributed by atoms with Gasteiger partial charge in [-0.05, 0) is 56.7 Å². The van der Waals surface area contributed by atoms with Crippen LogP contribution in [-0.4, -0.2) is 57.1 Å². The lowest BCUT2D eigenvalue weighted by Gasteiger charge is -2.32. The van der Waals surface area contributed by atoms with Crippen molar-refractivity contribution in [2.75, 3.05) is 24.2 Å². The molecule has 0 saturated carbocycles. The SMILES string of the molecule is COc1cccc(CN(C(=O)CN(c2cc(Cl)ccc2Cl)S(C)(=O)=O)[C@H](C)C(=O)NC(C)C)c1. The molecule has 0 bridgehead atoms. The normalized spacial score (nSPS) is 12.2. The topological polar surface area (TPSA) is 96.0 Å². The second kappa shape index (κ2) is 11.8. The van der Waals surface area contributed by atoms with Crippen LogP contribution in [0.15, 0.2) is 42.5 Å². The van der Waals surface area contributed by atoms with E-state index in [0.29, 0.717) is 11.3 Å². The summed E-state index contributed by atoms with van der Waals surface area (Å²) in [6, 6.07) is 10.4. The average molecular weight is 530 g/mol. The van der Waals surface area contributed by atoms with Crippen LogP contribution in [-0.2, 0) is 26.2 Å². The molecule has 2 rings (SSSR count). The number of benzene rings is 2. The molecule has 1 N–H and O–H groups in total. The molecule has 0 aromatic heterocycles. The van der Waals surface area contributed by atoms with E-state index >= 15 is 0 Å². The van der Waals surface area contributed by atoms with Gasteiger partial charge in [0.05, 0.1) is 24.1 Å². The Morgan fingerprint density at radius 1 is 1.09 bits per heavy atom. The predicted octanol–water partition coefficient (Wildman–Crippen LogP) is 3.71. The number of rotatable bonds is 10. The molecule has 2 aromatic carbocycles. The summed E-state index contributed by atoms with van der Waals surface area (Å²) in [4.78, 5) is 27.6. The molecule has 0 heterocycles. The van der Waals surface area contributed by atoms with E-state index in [9.17, 15) is 18.0 Å².